The van der Waals surface area contributed by atoms with E-state index in [1.807, 2.05) is 60.7 Å². The van der Waals surface area contributed by atoms with E-state index in [1.54, 1.807) is 0 Å². The number of aliphatic hydroxyl groups is 1. The second-order valence-electron chi connectivity index (χ2n) is 4.45. The zero-order valence-corrected chi connectivity index (χ0v) is 12.3. The van der Waals surface area contributed by atoms with Gasteiger partial charge in [0, 0.05) is 0 Å². The summed E-state index contributed by atoms with van der Waals surface area (Å²) in [6.07, 6.45) is 2.95. The van der Waals surface area contributed by atoms with Crippen LogP contribution in [0.3, 0.4) is 0 Å². The van der Waals surface area contributed by atoms with Crippen molar-refractivity contribution in [3.63, 3.8) is 0 Å². The highest BCUT2D eigenvalue weighted by Gasteiger charge is 2.25. The molecule has 19 heavy (non-hydrogen) atoms. The number of para-hydroxylation sites is 1. The minimum Gasteiger partial charge on any atom is -0.482 e. The van der Waals surface area contributed by atoms with Crippen LogP contribution in [0.5, 0.6) is 5.75 Å². The maximum atomic E-state index is 10.4. The van der Waals surface area contributed by atoms with Gasteiger partial charge in [-0.3, -0.25) is 0 Å². The molecular weight excluding hydrogens is 351 g/mol. The van der Waals surface area contributed by atoms with E-state index in [1.165, 1.54) is 0 Å². The molecule has 2 atom stereocenters. The summed E-state index contributed by atoms with van der Waals surface area (Å²) < 4.78 is 6.95. The molecule has 3 rings (SSSR count). The smallest absolute Gasteiger partial charge is 0.147 e. The monoisotopic (exact) mass is 364 g/mol. The maximum Gasteiger partial charge on any atom is 0.147 e. The van der Waals surface area contributed by atoms with Crippen LogP contribution in [-0.4, -0.2) is 11.2 Å². The zero-order chi connectivity index (χ0) is 13.2. The highest BCUT2D eigenvalue weighted by atomic mass is 127. The fraction of sp³-hybridized carbons (Fsp3) is 0.125. The van der Waals surface area contributed by atoms with E-state index >= 15 is 0 Å². The number of aliphatic hydroxyl groups excluding tert-OH is 1. The van der Waals surface area contributed by atoms with E-state index in [-0.39, 0.29) is 6.10 Å². The number of ether oxygens (including phenoxy) is 1. The maximum absolute atomic E-state index is 10.4. The normalized spacial score (nSPS) is 20.9. The largest absolute Gasteiger partial charge is 0.482 e. The average Bonchev–Trinajstić information content (AvgIpc) is 2.44. The van der Waals surface area contributed by atoms with Gasteiger partial charge in [-0.2, -0.15) is 0 Å². The third kappa shape index (κ3) is 2.53. The summed E-state index contributed by atoms with van der Waals surface area (Å²) in [5.74, 6) is 0.802. The number of hydrogen-bond donors (Lipinski definition) is 1. The number of fused-ring (bicyclic) bond motifs is 1. The Morgan fingerprint density at radius 1 is 1.00 bits per heavy atom. The number of benzene rings is 2. The van der Waals surface area contributed by atoms with Crippen molar-refractivity contribution < 1.29 is 9.84 Å². The number of halogens is 1. The van der Waals surface area contributed by atoms with Gasteiger partial charge in [0.15, 0.2) is 0 Å². The molecule has 96 valence electrons. The van der Waals surface area contributed by atoms with Crippen LogP contribution in [0, 0.1) is 3.57 Å². The van der Waals surface area contributed by atoms with Gasteiger partial charge in [0.2, 0.25) is 0 Å². The molecule has 1 aliphatic carbocycles. The zero-order valence-electron chi connectivity index (χ0n) is 10.2. The van der Waals surface area contributed by atoms with Crippen molar-refractivity contribution in [2.75, 3.05) is 0 Å². The van der Waals surface area contributed by atoms with Gasteiger partial charge in [-0.25, -0.2) is 0 Å². The van der Waals surface area contributed by atoms with E-state index < -0.39 is 6.10 Å². The molecule has 0 radical (unpaired) electrons. The summed E-state index contributed by atoms with van der Waals surface area (Å²) in [6, 6.07) is 15.7. The Balaban J connectivity index is 1.87. The summed E-state index contributed by atoms with van der Waals surface area (Å²) in [5.41, 5.74) is 1.97. The van der Waals surface area contributed by atoms with E-state index in [9.17, 15) is 5.11 Å². The minimum absolute atomic E-state index is 0.342. The molecule has 0 aromatic heterocycles. The van der Waals surface area contributed by atoms with Crippen LogP contribution in [0.15, 0.2) is 54.6 Å². The number of rotatable bonds is 2. The molecule has 3 heteroatoms. The highest BCUT2D eigenvalue weighted by Crippen LogP contribution is 2.31. The Kier molecular flexibility index (Phi) is 3.57. The number of hydrogen-bond acceptors (Lipinski definition) is 2. The third-order valence-electron chi connectivity index (χ3n) is 3.19. The first-order valence-electron chi connectivity index (χ1n) is 6.12. The van der Waals surface area contributed by atoms with Crippen LogP contribution in [-0.2, 0) is 0 Å². The first-order chi connectivity index (χ1) is 9.25. The lowest BCUT2D eigenvalue weighted by Gasteiger charge is -2.26. The molecule has 1 aliphatic rings. The van der Waals surface area contributed by atoms with Crippen molar-refractivity contribution in [1.82, 2.24) is 0 Å². The molecule has 0 heterocycles. The SMILES string of the molecule is O[C@@H]1c2ccccc2C=C[C@H]1Oc1ccccc1I. The Labute approximate surface area is 125 Å². The van der Waals surface area contributed by atoms with Gasteiger partial charge in [-0.15, -0.1) is 0 Å². The molecule has 2 aromatic rings. The van der Waals surface area contributed by atoms with Crippen molar-refractivity contribution in [1.29, 1.82) is 0 Å². The molecule has 2 nitrogen and oxygen atoms in total. The Morgan fingerprint density at radius 3 is 2.58 bits per heavy atom. The van der Waals surface area contributed by atoms with E-state index in [0.29, 0.717) is 0 Å². The van der Waals surface area contributed by atoms with Gasteiger partial charge < -0.3 is 9.84 Å². The predicted molar refractivity (Wildman–Crippen MR) is 84.0 cm³/mol. The van der Waals surface area contributed by atoms with Crippen LogP contribution in [0.25, 0.3) is 6.08 Å². The molecule has 0 bridgehead atoms. The molecule has 0 saturated carbocycles. The summed E-state index contributed by atoms with van der Waals surface area (Å²) in [4.78, 5) is 0. The van der Waals surface area contributed by atoms with Crippen LogP contribution in [0.1, 0.15) is 17.2 Å². The standard InChI is InChI=1S/C16H13IO2/c17-13-7-3-4-8-14(13)19-15-10-9-11-5-1-2-6-12(11)16(15)18/h1-10,15-16,18H/t15-,16-/m1/s1. The molecule has 0 amide bonds. The summed E-state index contributed by atoms with van der Waals surface area (Å²) in [7, 11) is 0. The van der Waals surface area contributed by atoms with E-state index in [2.05, 4.69) is 22.6 Å². The first-order valence-corrected chi connectivity index (χ1v) is 7.20. The molecule has 1 N–H and O–H groups in total. The molecule has 0 aliphatic heterocycles. The molecule has 0 fully saturated rings. The lowest BCUT2D eigenvalue weighted by atomic mass is 9.93. The predicted octanol–water partition coefficient (Wildman–Crippen LogP) is 3.80. The summed E-state index contributed by atoms with van der Waals surface area (Å²) in [5, 5.41) is 10.4. The molecule has 2 aromatic carbocycles. The topological polar surface area (TPSA) is 29.5 Å². The second kappa shape index (κ2) is 5.35. The molecule has 0 spiro atoms. The fourth-order valence-corrected chi connectivity index (χ4v) is 2.72. The van der Waals surface area contributed by atoms with Gasteiger partial charge in [0.05, 0.1) is 3.57 Å². The van der Waals surface area contributed by atoms with Gasteiger partial charge >= 0.3 is 0 Å². The van der Waals surface area contributed by atoms with Crippen molar-refractivity contribution in [2.45, 2.75) is 12.2 Å². The van der Waals surface area contributed by atoms with Crippen LogP contribution >= 0.6 is 22.6 Å². The van der Waals surface area contributed by atoms with Gasteiger partial charge in [-0.1, -0.05) is 42.5 Å². The van der Waals surface area contributed by atoms with Crippen LogP contribution < -0.4 is 4.74 Å². The van der Waals surface area contributed by atoms with Crippen molar-refractivity contribution >= 4 is 28.7 Å². The highest BCUT2D eigenvalue weighted by molar-refractivity contribution is 14.1. The quantitative estimate of drug-likeness (QED) is 0.822. The lowest BCUT2D eigenvalue weighted by Crippen LogP contribution is -2.26. The van der Waals surface area contributed by atoms with Crippen molar-refractivity contribution in [2.24, 2.45) is 0 Å². The molecule has 0 saturated heterocycles. The first kappa shape index (κ1) is 12.7. The minimum atomic E-state index is -0.628. The molecular formula is C16H13IO2. The van der Waals surface area contributed by atoms with Crippen LogP contribution in [0.4, 0.5) is 0 Å². The Morgan fingerprint density at radius 2 is 1.74 bits per heavy atom. The summed E-state index contributed by atoms with van der Waals surface area (Å²) in [6.45, 7) is 0. The van der Waals surface area contributed by atoms with Gasteiger partial charge in [-0.05, 0) is 51.9 Å². The van der Waals surface area contributed by atoms with Gasteiger partial charge in [0.25, 0.3) is 0 Å². The van der Waals surface area contributed by atoms with E-state index in [4.69, 9.17) is 4.74 Å². The second-order valence-corrected chi connectivity index (χ2v) is 5.61. The van der Waals surface area contributed by atoms with Crippen molar-refractivity contribution in [3.8, 4) is 5.75 Å². The molecule has 0 unspecified atom stereocenters. The van der Waals surface area contributed by atoms with Crippen molar-refractivity contribution in [3.05, 3.63) is 69.3 Å². The Bertz CT molecular complexity index is 622. The lowest BCUT2D eigenvalue weighted by molar-refractivity contribution is 0.0618. The fourth-order valence-electron chi connectivity index (χ4n) is 2.20. The van der Waals surface area contributed by atoms with E-state index in [0.717, 1.165) is 20.4 Å². The van der Waals surface area contributed by atoms with Gasteiger partial charge in [0.1, 0.15) is 18.0 Å². The average molecular weight is 364 g/mol. The third-order valence-corrected chi connectivity index (χ3v) is 4.08. The van der Waals surface area contributed by atoms with Crippen LogP contribution in [0.2, 0.25) is 0 Å². The Hall–Kier alpha value is -1.33. The summed E-state index contributed by atoms with van der Waals surface area (Å²) >= 11 is 2.23.